The van der Waals surface area contributed by atoms with Crippen LogP contribution < -0.4 is 5.32 Å². The molecule has 5 nitrogen and oxygen atoms in total. The molecule has 0 saturated carbocycles. The molecule has 0 aliphatic carbocycles. The Morgan fingerprint density at radius 3 is 2.38 bits per heavy atom. The molecule has 2 aromatic rings. The van der Waals surface area contributed by atoms with Gasteiger partial charge in [0.2, 0.25) is 0 Å². The molecule has 0 aliphatic rings. The van der Waals surface area contributed by atoms with Crippen molar-refractivity contribution in [3.63, 3.8) is 0 Å². The van der Waals surface area contributed by atoms with Crippen LogP contribution in [-0.2, 0) is 16.4 Å². The fourth-order valence-corrected chi connectivity index (χ4v) is 3.69. The molecule has 7 heteroatoms. The molecular weight excluding hydrogens is 370 g/mol. The zero-order valence-electron chi connectivity index (χ0n) is 15.0. The Morgan fingerprint density at radius 1 is 1.12 bits per heavy atom. The third-order valence-corrected chi connectivity index (χ3v) is 5.72. The number of halogens is 1. The standard InChI is InChI=1S/C19H24ClN3O2S/c1-3-21-19(23(2)15-16-9-11-17(20)12-10-16)22-13-14-26(24,25)18-7-5-4-6-8-18/h4-12H,3,13-15H2,1-2H3,(H,21,22). The zero-order chi connectivity index (χ0) is 19.0. The van der Waals surface area contributed by atoms with E-state index in [9.17, 15) is 8.42 Å². The van der Waals surface area contributed by atoms with Gasteiger partial charge in [0.15, 0.2) is 15.8 Å². The summed E-state index contributed by atoms with van der Waals surface area (Å²) in [6, 6.07) is 16.1. The van der Waals surface area contributed by atoms with Gasteiger partial charge in [-0.2, -0.15) is 0 Å². The van der Waals surface area contributed by atoms with E-state index in [1.807, 2.05) is 43.1 Å². The van der Waals surface area contributed by atoms with Crippen LogP contribution in [0.5, 0.6) is 0 Å². The van der Waals surface area contributed by atoms with E-state index in [0.29, 0.717) is 29.0 Å². The molecule has 0 radical (unpaired) electrons. The Bertz CT molecular complexity index is 822. The van der Waals surface area contributed by atoms with Gasteiger partial charge in [-0.3, -0.25) is 4.99 Å². The highest BCUT2D eigenvalue weighted by molar-refractivity contribution is 7.91. The Hall–Kier alpha value is -2.05. The summed E-state index contributed by atoms with van der Waals surface area (Å²) in [7, 11) is -1.41. The smallest absolute Gasteiger partial charge is 0.193 e. The van der Waals surface area contributed by atoms with Crippen molar-refractivity contribution in [2.75, 3.05) is 25.9 Å². The lowest BCUT2D eigenvalue weighted by molar-refractivity contribution is 0.477. The number of guanidine groups is 1. The molecule has 0 aromatic heterocycles. The van der Waals surface area contributed by atoms with E-state index in [0.717, 1.165) is 5.56 Å². The Balaban J connectivity index is 2.02. The first-order chi connectivity index (χ1) is 12.4. The molecule has 2 aromatic carbocycles. The number of hydrogen-bond acceptors (Lipinski definition) is 3. The molecule has 2 rings (SSSR count). The van der Waals surface area contributed by atoms with Crippen molar-refractivity contribution < 1.29 is 8.42 Å². The van der Waals surface area contributed by atoms with Gasteiger partial charge in [-0.25, -0.2) is 8.42 Å². The van der Waals surface area contributed by atoms with Crippen LogP contribution in [0.2, 0.25) is 5.02 Å². The van der Waals surface area contributed by atoms with Crippen molar-refractivity contribution >= 4 is 27.4 Å². The maximum atomic E-state index is 12.3. The predicted octanol–water partition coefficient (Wildman–Crippen LogP) is 3.21. The van der Waals surface area contributed by atoms with Gasteiger partial charge in [0.05, 0.1) is 17.2 Å². The Kier molecular flexibility index (Phi) is 7.48. The predicted molar refractivity (Wildman–Crippen MR) is 107 cm³/mol. The fourth-order valence-electron chi connectivity index (χ4n) is 2.43. The third-order valence-electron chi connectivity index (χ3n) is 3.75. The van der Waals surface area contributed by atoms with Gasteiger partial charge in [-0.1, -0.05) is 41.9 Å². The summed E-state index contributed by atoms with van der Waals surface area (Å²) in [5.74, 6) is 0.645. The van der Waals surface area contributed by atoms with Gasteiger partial charge in [-0.05, 0) is 36.8 Å². The lowest BCUT2D eigenvalue weighted by atomic mass is 10.2. The highest BCUT2D eigenvalue weighted by Gasteiger charge is 2.14. The topological polar surface area (TPSA) is 61.8 Å². The minimum atomic E-state index is -3.33. The average Bonchev–Trinajstić information content (AvgIpc) is 2.63. The molecule has 0 amide bonds. The van der Waals surface area contributed by atoms with Crippen LogP contribution in [0.3, 0.4) is 0 Å². The van der Waals surface area contributed by atoms with Crippen molar-refractivity contribution in [1.29, 1.82) is 0 Å². The van der Waals surface area contributed by atoms with Crippen LogP contribution in [0.25, 0.3) is 0 Å². The number of hydrogen-bond donors (Lipinski definition) is 1. The van der Waals surface area contributed by atoms with Crippen LogP contribution in [-0.4, -0.2) is 45.2 Å². The van der Waals surface area contributed by atoms with Gasteiger partial charge < -0.3 is 10.2 Å². The van der Waals surface area contributed by atoms with E-state index >= 15 is 0 Å². The first-order valence-electron chi connectivity index (χ1n) is 8.44. The number of aliphatic imine (C=N–C) groups is 1. The van der Waals surface area contributed by atoms with Crippen molar-refractivity contribution in [3.8, 4) is 0 Å². The van der Waals surface area contributed by atoms with Gasteiger partial charge in [0.1, 0.15) is 0 Å². The zero-order valence-corrected chi connectivity index (χ0v) is 16.6. The summed E-state index contributed by atoms with van der Waals surface area (Å²) in [5, 5.41) is 3.89. The quantitative estimate of drug-likeness (QED) is 0.579. The summed E-state index contributed by atoms with van der Waals surface area (Å²) < 4.78 is 24.7. The van der Waals surface area contributed by atoms with Crippen LogP contribution >= 0.6 is 11.6 Å². The minimum absolute atomic E-state index is 0.0271. The molecule has 26 heavy (non-hydrogen) atoms. The number of sulfone groups is 1. The average molecular weight is 394 g/mol. The SMILES string of the molecule is CCNC(=NCCS(=O)(=O)c1ccccc1)N(C)Cc1ccc(Cl)cc1. The second-order valence-electron chi connectivity index (χ2n) is 5.85. The monoisotopic (exact) mass is 393 g/mol. The minimum Gasteiger partial charge on any atom is -0.357 e. The molecule has 1 N–H and O–H groups in total. The van der Waals surface area contributed by atoms with Gasteiger partial charge in [0, 0.05) is 25.2 Å². The molecule has 0 aliphatic heterocycles. The number of nitrogens with zero attached hydrogens (tertiary/aromatic N) is 2. The summed E-state index contributed by atoms with van der Waals surface area (Å²) in [6.45, 7) is 3.53. The summed E-state index contributed by atoms with van der Waals surface area (Å²) in [6.07, 6.45) is 0. The fraction of sp³-hybridized carbons (Fsp3) is 0.316. The molecule has 0 heterocycles. The molecule has 0 saturated heterocycles. The highest BCUT2D eigenvalue weighted by Crippen LogP contribution is 2.12. The second kappa shape index (κ2) is 9.59. The van der Waals surface area contributed by atoms with Crippen molar-refractivity contribution in [2.45, 2.75) is 18.4 Å². The highest BCUT2D eigenvalue weighted by atomic mass is 35.5. The molecular formula is C19H24ClN3O2S. The molecule has 0 spiro atoms. The summed E-state index contributed by atoms with van der Waals surface area (Å²) in [5.41, 5.74) is 1.10. The first-order valence-corrected chi connectivity index (χ1v) is 10.5. The van der Waals surface area contributed by atoms with E-state index in [2.05, 4.69) is 10.3 Å². The van der Waals surface area contributed by atoms with E-state index in [1.54, 1.807) is 30.3 Å². The normalized spacial score (nSPS) is 12.0. The lowest BCUT2D eigenvalue weighted by Gasteiger charge is -2.22. The van der Waals surface area contributed by atoms with E-state index in [4.69, 9.17) is 11.6 Å². The second-order valence-corrected chi connectivity index (χ2v) is 8.40. The molecule has 0 bridgehead atoms. The summed E-state index contributed by atoms with van der Waals surface area (Å²) >= 11 is 5.92. The van der Waals surface area contributed by atoms with Crippen molar-refractivity contribution in [3.05, 3.63) is 65.2 Å². The summed E-state index contributed by atoms with van der Waals surface area (Å²) in [4.78, 5) is 6.75. The third kappa shape index (κ3) is 6.04. The van der Waals surface area contributed by atoms with Crippen molar-refractivity contribution in [2.24, 2.45) is 4.99 Å². The van der Waals surface area contributed by atoms with Crippen LogP contribution in [0.1, 0.15) is 12.5 Å². The molecule has 0 unspecified atom stereocenters. The van der Waals surface area contributed by atoms with Gasteiger partial charge in [-0.15, -0.1) is 0 Å². The van der Waals surface area contributed by atoms with E-state index < -0.39 is 9.84 Å². The van der Waals surface area contributed by atoms with E-state index in [1.165, 1.54) is 0 Å². The largest absolute Gasteiger partial charge is 0.357 e. The molecule has 0 atom stereocenters. The van der Waals surface area contributed by atoms with Crippen LogP contribution in [0, 0.1) is 0 Å². The van der Waals surface area contributed by atoms with Crippen LogP contribution in [0.4, 0.5) is 0 Å². The number of benzene rings is 2. The number of nitrogens with one attached hydrogen (secondary N) is 1. The lowest BCUT2D eigenvalue weighted by Crippen LogP contribution is -2.38. The number of rotatable bonds is 7. The molecule has 0 fully saturated rings. The Morgan fingerprint density at radius 2 is 1.77 bits per heavy atom. The maximum absolute atomic E-state index is 12.3. The van der Waals surface area contributed by atoms with Gasteiger partial charge in [0.25, 0.3) is 0 Å². The van der Waals surface area contributed by atoms with Gasteiger partial charge >= 0.3 is 0 Å². The molecule has 140 valence electrons. The first kappa shape index (κ1) is 20.3. The maximum Gasteiger partial charge on any atom is 0.193 e. The Labute approximate surface area is 160 Å². The van der Waals surface area contributed by atoms with Crippen LogP contribution in [0.15, 0.2) is 64.5 Å². The van der Waals surface area contributed by atoms with E-state index in [-0.39, 0.29) is 12.3 Å². The van der Waals surface area contributed by atoms with Crippen molar-refractivity contribution in [1.82, 2.24) is 10.2 Å².